The van der Waals surface area contributed by atoms with E-state index in [9.17, 15) is 9.59 Å². The van der Waals surface area contributed by atoms with E-state index < -0.39 is 25.9 Å². The van der Waals surface area contributed by atoms with Crippen molar-refractivity contribution in [2.24, 2.45) is 5.41 Å². The van der Waals surface area contributed by atoms with E-state index in [-0.39, 0.29) is 10.9 Å². The van der Waals surface area contributed by atoms with E-state index in [1.807, 2.05) is 45.0 Å². The number of hydrogen-bond acceptors (Lipinski definition) is 5. The summed E-state index contributed by atoms with van der Waals surface area (Å²) in [5.74, 6) is 0.528. The van der Waals surface area contributed by atoms with Crippen LogP contribution in [0.15, 0.2) is 24.3 Å². The average molecular weight is 424 g/mol. The molecule has 1 aromatic carbocycles. The van der Waals surface area contributed by atoms with Crippen molar-refractivity contribution in [1.82, 2.24) is 16.2 Å². The SMILES string of the molecule is COC(=O)NC(C(=O)NNCc1ccc(O[Si](C)(C)C(C)(C)C)cc1)C(C)(C)C. The molecule has 0 fully saturated rings. The molecule has 0 bridgehead atoms. The molecule has 0 aromatic heterocycles. The number of alkyl carbamates (subject to hydrolysis) is 1. The Bertz CT molecular complexity index is 691. The van der Waals surface area contributed by atoms with Gasteiger partial charge >= 0.3 is 6.09 Å². The smallest absolute Gasteiger partial charge is 0.407 e. The van der Waals surface area contributed by atoms with Gasteiger partial charge in [-0.05, 0) is 41.2 Å². The summed E-state index contributed by atoms with van der Waals surface area (Å²) in [7, 11) is -0.601. The quantitative estimate of drug-likeness (QED) is 0.456. The van der Waals surface area contributed by atoms with E-state index in [1.54, 1.807) is 0 Å². The zero-order valence-electron chi connectivity index (χ0n) is 19.2. The second-order valence-corrected chi connectivity index (χ2v) is 14.5. The minimum Gasteiger partial charge on any atom is -0.544 e. The monoisotopic (exact) mass is 423 g/mol. The molecule has 0 aliphatic rings. The van der Waals surface area contributed by atoms with Crippen LogP contribution in [0, 0.1) is 5.41 Å². The molecule has 0 aliphatic carbocycles. The van der Waals surface area contributed by atoms with Crippen LogP contribution in [0.1, 0.15) is 47.1 Å². The maximum atomic E-state index is 12.5. The highest BCUT2D eigenvalue weighted by molar-refractivity contribution is 6.74. The molecule has 8 heteroatoms. The Labute approximate surface area is 176 Å². The summed E-state index contributed by atoms with van der Waals surface area (Å²) >= 11 is 0. The highest BCUT2D eigenvalue weighted by Gasteiger charge is 2.39. The topological polar surface area (TPSA) is 88.7 Å². The highest BCUT2D eigenvalue weighted by atomic mass is 28.4. The minimum atomic E-state index is -1.87. The Morgan fingerprint density at radius 1 is 1.03 bits per heavy atom. The van der Waals surface area contributed by atoms with Crippen LogP contribution in [-0.4, -0.2) is 33.5 Å². The van der Waals surface area contributed by atoms with Crippen molar-refractivity contribution < 1.29 is 18.8 Å². The number of nitrogens with one attached hydrogen (secondary N) is 3. The van der Waals surface area contributed by atoms with Gasteiger partial charge in [-0.25, -0.2) is 10.2 Å². The summed E-state index contributed by atoms with van der Waals surface area (Å²) < 4.78 is 10.9. The Morgan fingerprint density at radius 2 is 1.59 bits per heavy atom. The first kappa shape index (κ1) is 25.0. The van der Waals surface area contributed by atoms with Crippen LogP contribution in [-0.2, 0) is 16.1 Å². The van der Waals surface area contributed by atoms with Gasteiger partial charge in [-0.2, -0.15) is 0 Å². The van der Waals surface area contributed by atoms with Gasteiger partial charge in [0.25, 0.3) is 5.91 Å². The van der Waals surface area contributed by atoms with Gasteiger partial charge in [-0.1, -0.05) is 53.7 Å². The van der Waals surface area contributed by atoms with Crippen molar-refractivity contribution in [3.63, 3.8) is 0 Å². The lowest BCUT2D eigenvalue weighted by Crippen LogP contribution is -2.56. The summed E-state index contributed by atoms with van der Waals surface area (Å²) in [6.07, 6.45) is -0.641. The first-order chi connectivity index (χ1) is 13.2. The van der Waals surface area contributed by atoms with Gasteiger partial charge in [-0.15, -0.1) is 0 Å². The van der Waals surface area contributed by atoms with Gasteiger partial charge in [0.2, 0.25) is 8.32 Å². The third-order valence-corrected chi connectivity index (χ3v) is 9.54. The standard InChI is InChI=1S/C21H37N3O4Si/c1-20(2,3)17(23-19(26)27-7)18(25)24-22-14-15-10-12-16(13-11-15)28-29(8,9)21(4,5)6/h10-13,17,22H,14H2,1-9H3,(H,23,26)(H,24,25). The van der Waals surface area contributed by atoms with Crippen molar-refractivity contribution in [2.45, 2.75) is 72.3 Å². The molecule has 2 amide bonds. The molecule has 7 nitrogen and oxygen atoms in total. The van der Waals surface area contributed by atoms with E-state index in [1.165, 1.54) is 7.11 Å². The summed E-state index contributed by atoms with van der Waals surface area (Å²) in [5.41, 5.74) is 6.10. The van der Waals surface area contributed by atoms with Gasteiger partial charge < -0.3 is 14.5 Å². The minimum absolute atomic E-state index is 0.138. The summed E-state index contributed by atoms with van der Waals surface area (Å²) in [6, 6.07) is 7.11. The van der Waals surface area contributed by atoms with E-state index in [4.69, 9.17) is 4.43 Å². The van der Waals surface area contributed by atoms with Crippen molar-refractivity contribution in [1.29, 1.82) is 0 Å². The van der Waals surface area contributed by atoms with Crippen LogP contribution < -0.4 is 20.6 Å². The molecule has 1 aromatic rings. The largest absolute Gasteiger partial charge is 0.544 e. The molecule has 29 heavy (non-hydrogen) atoms. The third kappa shape index (κ3) is 7.70. The molecular weight excluding hydrogens is 386 g/mol. The number of hydrazine groups is 1. The zero-order valence-corrected chi connectivity index (χ0v) is 20.2. The maximum absolute atomic E-state index is 12.5. The van der Waals surface area contributed by atoms with Crippen molar-refractivity contribution in [2.75, 3.05) is 7.11 Å². The summed E-state index contributed by atoms with van der Waals surface area (Å²) in [5, 5.41) is 2.71. The lowest BCUT2D eigenvalue weighted by molar-refractivity contribution is -0.126. The second-order valence-electron chi connectivity index (χ2n) is 9.78. The Morgan fingerprint density at radius 3 is 2.03 bits per heavy atom. The fraction of sp³-hybridized carbons (Fsp3) is 0.619. The molecule has 164 valence electrons. The number of amides is 2. The summed E-state index contributed by atoms with van der Waals surface area (Å²) in [4.78, 5) is 24.0. The second kappa shape index (κ2) is 9.62. The maximum Gasteiger partial charge on any atom is 0.407 e. The van der Waals surface area contributed by atoms with Crippen LogP contribution >= 0.6 is 0 Å². The number of methoxy groups -OCH3 is 1. The van der Waals surface area contributed by atoms with Crippen LogP contribution in [0.5, 0.6) is 5.75 Å². The van der Waals surface area contributed by atoms with Crippen molar-refractivity contribution in [3.05, 3.63) is 29.8 Å². The van der Waals surface area contributed by atoms with Gasteiger partial charge in [0.05, 0.1) is 7.11 Å². The van der Waals surface area contributed by atoms with Crippen LogP contribution in [0.2, 0.25) is 18.1 Å². The molecule has 0 saturated carbocycles. The predicted octanol–water partition coefficient (Wildman–Crippen LogP) is 3.96. The van der Waals surface area contributed by atoms with Gasteiger partial charge in [0.15, 0.2) is 0 Å². The van der Waals surface area contributed by atoms with Crippen LogP contribution in [0.25, 0.3) is 0 Å². The molecule has 0 radical (unpaired) electrons. The van der Waals surface area contributed by atoms with Crippen molar-refractivity contribution >= 4 is 20.3 Å². The average Bonchev–Trinajstić information content (AvgIpc) is 2.58. The molecule has 0 spiro atoms. The highest BCUT2D eigenvalue weighted by Crippen LogP contribution is 2.37. The first-order valence-corrected chi connectivity index (χ1v) is 12.7. The molecule has 3 N–H and O–H groups in total. The van der Waals surface area contributed by atoms with Crippen LogP contribution in [0.3, 0.4) is 0 Å². The molecule has 0 aliphatic heterocycles. The number of hydrogen-bond donors (Lipinski definition) is 3. The first-order valence-electron chi connectivity index (χ1n) is 9.82. The third-order valence-electron chi connectivity index (χ3n) is 5.18. The van der Waals surface area contributed by atoms with E-state index >= 15 is 0 Å². The molecule has 0 heterocycles. The molecular formula is C21H37N3O4Si. The molecule has 1 atom stereocenters. The van der Waals surface area contributed by atoms with Crippen molar-refractivity contribution in [3.8, 4) is 5.75 Å². The lowest BCUT2D eigenvalue weighted by atomic mass is 9.86. The Kier molecular flexibility index (Phi) is 8.29. The number of carbonyl (C=O) groups is 2. The summed E-state index contributed by atoms with van der Waals surface area (Å²) in [6.45, 7) is 17.1. The number of carbonyl (C=O) groups excluding carboxylic acids is 2. The molecule has 1 rings (SSSR count). The lowest BCUT2D eigenvalue weighted by Gasteiger charge is -2.36. The normalized spacial score (nSPS) is 13.4. The Hall–Kier alpha value is -2.06. The van der Waals surface area contributed by atoms with Gasteiger partial charge in [0, 0.05) is 6.54 Å². The Balaban J connectivity index is 2.63. The van der Waals surface area contributed by atoms with Gasteiger partial charge in [0.1, 0.15) is 11.8 Å². The fourth-order valence-corrected chi connectivity index (χ4v) is 3.31. The number of benzene rings is 1. The van der Waals surface area contributed by atoms with E-state index in [2.05, 4.69) is 54.8 Å². The van der Waals surface area contributed by atoms with Crippen LogP contribution in [0.4, 0.5) is 4.79 Å². The molecule has 1 unspecified atom stereocenters. The predicted molar refractivity (Wildman–Crippen MR) is 118 cm³/mol. The number of ether oxygens (including phenoxy) is 1. The van der Waals surface area contributed by atoms with Gasteiger partial charge in [-0.3, -0.25) is 10.2 Å². The number of rotatable bonds is 7. The van der Waals surface area contributed by atoms with E-state index in [0.717, 1.165) is 11.3 Å². The van der Waals surface area contributed by atoms with E-state index in [0.29, 0.717) is 6.54 Å². The molecule has 0 saturated heterocycles. The fourth-order valence-electron chi connectivity index (χ4n) is 2.28. The zero-order chi connectivity index (χ0) is 22.5.